The molecule has 68 heavy (non-hydrogen) atoms. The highest BCUT2D eigenvalue weighted by Gasteiger charge is 2.46. The van der Waals surface area contributed by atoms with Gasteiger partial charge in [0.15, 0.2) is 0 Å². The van der Waals surface area contributed by atoms with Gasteiger partial charge < -0.3 is 9.80 Å². The van der Waals surface area contributed by atoms with E-state index in [9.17, 15) is 0 Å². The Kier molecular flexibility index (Phi) is 8.77. The molecule has 0 radical (unpaired) electrons. The molecule has 0 bridgehead atoms. The molecule has 14 rings (SSSR count). The molecule has 0 atom stereocenters. The highest BCUT2D eigenvalue weighted by atomic mass is 79.9. The number of anilines is 6. The molecular formula is C60H42B2Br4N2. The van der Waals surface area contributed by atoms with Gasteiger partial charge in [0, 0.05) is 52.0 Å². The monoisotopic (exact) mass is 1130 g/mol. The van der Waals surface area contributed by atoms with Crippen molar-refractivity contribution in [2.45, 2.75) is 52.4 Å². The summed E-state index contributed by atoms with van der Waals surface area (Å²) in [6, 6.07) is 55.7. The van der Waals surface area contributed by atoms with Crippen LogP contribution in [0.4, 0.5) is 34.1 Å². The molecule has 10 aromatic carbocycles. The van der Waals surface area contributed by atoms with Crippen LogP contribution in [0.2, 0.25) is 0 Å². The summed E-state index contributed by atoms with van der Waals surface area (Å²) in [6.45, 7) is 14.5. The van der Waals surface area contributed by atoms with Gasteiger partial charge in [-0.3, -0.25) is 0 Å². The van der Waals surface area contributed by atoms with Gasteiger partial charge in [0.1, 0.15) is 0 Å². The number of halogens is 4. The molecular weight excluding hydrogens is 1090 g/mol. The number of nitrogens with zero attached hydrogens (tertiary/aromatic N) is 2. The number of hydrogen-bond acceptors (Lipinski definition) is 2. The molecule has 0 saturated carbocycles. The third-order valence-electron chi connectivity index (χ3n) is 15.4. The fourth-order valence-electron chi connectivity index (χ4n) is 12.9. The summed E-state index contributed by atoms with van der Waals surface area (Å²) in [5, 5.41) is 8.31. The SMILES string of the molecule is CC(C)(C)c1cc2c3c(cc4c(C(C)(C)C)cc5c6c(cc1c3c46)B1c3ccc(Br)cc3N(c3ccccc3)c3cc(Br)cc-5c31)B1c3ccc(Br)cc3N(c3ccccc3)c3cc(Br)cc-2c31. The van der Waals surface area contributed by atoms with Crippen molar-refractivity contribution in [3.05, 3.63) is 175 Å². The van der Waals surface area contributed by atoms with Crippen molar-refractivity contribution in [2.24, 2.45) is 0 Å². The number of benzene rings is 10. The van der Waals surface area contributed by atoms with Crippen molar-refractivity contribution in [1.82, 2.24) is 0 Å². The average molecular weight is 1130 g/mol. The second-order valence-electron chi connectivity index (χ2n) is 21.4. The van der Waals surface area contributed by atoms with E-state index in [1.54, 1.807) is 0 Å². The van der Waals surface area contributed by atoms with Gasteiger partial charge in [-0.25, -0.2) is 0 Å². The van der Waals surface area contributed by atoms with Crippen LogP contribution in [-0.4, -0.2) is 13.4 Å². The first-order chi connectivity index (χ1) is 32.7. The molecule has 10 aromatic rings. The molecule has 8 heteroatoms. The van der Waals surface area contributed by atoms with Gasteiger partial charge in [-0.15, -0.1) is 0 Å². The van der Waals surface area contributed by atoms with Gasteiger partial charge in [0.25, 0.3) is 0 Å². The van der Waals surface area contributed by atoms with Crippen LogP contribution in [0, 0.1) is 0 Å². The lowest BCUT2D eigenvalue weighted by atomic mass is 9.31. The third-order valence-corrected chi connectivity index (χ3v) is 17.3. The number of rotatable bonds is 2. The molecule has 4 heterocycles. The van der Waals surface area contributed by atoms with Gasteiger partial charge in [0.2, 0.25) is 13.4 Å². The minimum absolute atomic E-state index is 0.0162. The highest BCUT2D eigenvalue weighted by molar-refractivity contribution is 9.11. The van der Waals surface area contributed by atoms with E-state index in [0.29, 0.717) is 0 Å². The summed E-state index contributed by atoms with van der Waals surface area (Å²) in [5.74, 6) is 0. The van der Waals surface area contributed by atoms with Crippen molar-refractivity contribution in [3.8, 4) is 22.3 Å². The second-order valence-corrected chi connectivity index (χ2v) is 25.0. The Balaban J connectivity index is 1.19. The van der Waals surface area contributed by atoms with E-state index in [1.165, 1.54) is 121 Å². The number of hydrogen-bond donors (Lipinski definition) is 0. The van der Waals surface area contributed by atoms with E-state index in [2.05, 4.69) is 261 Å². The van der Waals surface area contributed by atoms with Crippen LogP contribution < -0.4 is 42.6 Å². The zero-order chi connectivity index (χ0) is 46.4. The summed E-state index contributed by atoms with van der Waals surface area (Å²) in [6.07, 6.45) is 0. The second kappa shape index (κ2) is 14.3. The Morgan fingerprint density at radius 2 is 0.735 bits per heavy atom. The summed E-state index contributed by atoms with van der Waals surface area (Å²) < 4.78 is 4.30. The van der Waals surface area contributed by atoms with E-state index in [4.69, 9.17) is 0 Å². The number of fused-ring (bicyclic) bond motifs is 8. The quantitative estimate of drug-likeness (QED) is 0.126. The maximum absolute atomic E-state index is 4.10. The van der Waals surface area contributed by atoms with E-state index in [1.807, 2.05) is 0 Å². The molecule has 0 saturated heterocycles. The van der Waals surface area contributed by atoms with Crippen molar-refractivity contribution < 1.29 is 0 Å². The Labute approximate surface area is 431 Å². The van der Waals surface area contributed by atoms with Crippen LogP contribution in [0.3, 0.4) is 0 Å². The lowest BCUT2D eigenvalue weighted by Gasteiger charge is -2.43. The first kappa shape index (κ1) is 41.8. The van der Waals surface area contributed by atoms with Crippen molar-refractivity contribution in [1.29, 1.82) is 0 Å². The Hall–Kier alpha value is -5.11. The Morgan fingerprint density at radius 1 is 0.353 bits per heavy atom. The van der Waals surface area contributed by atoms with Gasteiger partial charge in [-0.2, -0.15) is 0 Å². The van der Waals surface area contributed by atoms with Crippen molar-refractivity contribution in [2.75, 3.05) is 9.80 Å². The molecule has 4 aliphatic heterocycles. The summed E-state index contributed by atoms with van der Waals surface area (Å²) in [4.78, 5) is 4.97. The molecule has 0 fully saturated rings. The van der Waals surface area contributed by atoms with Gasteiger partial charge in [-0.05, 0) is 183 Å². The fraction of sp³-hybridized carbons (Fsp3) is 0.133. The maximum Gasteiger partial charge on any atom is 0.248 e. The Morgan fingerprint density at radius 3 is 1.12 bits per heavy atom. The van der Waals surface area contributed by atoms with E-state index in [0.717, 1.165) is 29.3 Å². The topological polar surface area (TPSA) is 6.48 Å². The summed E-state index contributed by atoms with van der Waals surface area (Å²) >= 11 is 16.0. The van der Waals surface area contributed by atoms with Crippen molar-refractivity contribution >= 4 is 176 Å². The summed E-state index contributed by atoms with van der Waals surface area (Å²) in [7, 11) is 0. The van der Waals surface area contributed by atoms with Crippen LogP contribution in [0.1, 0.15) is 52.7 Å². The molecule has 0 aliphatic carbocycles. The van der Waals surface area contributed by atoms with E-state index < -0.39 is 0 Å². The standard InChI is InChI=1S/C60H42B2Br4N2/c1-59(2,3)43-27-37-39-21-33(65)25-51-57(39)62(46-20-18-32(64)24-50(46)67(51)35-13-9-7-10-14-35)48-30-42-44(60(4,5)6)28-38-40-22-34(66)26-52-58(40)61(47-29-41(43)55(53(37)48)56(42)54(38)47)45-19-17-31(63)23-49(45)68(52)36-15-11-8-12-16-36/h7-30H,1-6H3. The normalized spacial score (nSPS) is 14.2. The molecule has 2 nitrogen and oxygen atoms in total. The maximum atomic E-state index is 4.10. The smallest absolute Gasteiger partial charge is 0.248 e. The lowest BCUT2D eigenvalue weighted by Crippen LogP contribution is -2.60. The third kappa shape index (κ3) is 5.63. The predicted octanol–water partition coefficient (Wildman–Crippen LogP) is 14.8. The van der Waals surface area contributed by atoms with Crippen LogP contribution >= 0.6 is 63.7 Å². The van der Waals surface area contributed by atoms with Crippen molar-refractivity contribution in [3.63, 3.8) is 0 Å². The van der Waals surface area contributed by atoms with Gasteiger partial charge in [0.05, 0.1) is 0 Å². The lowest BCUT2D eigenvalue weighted by molar-refractivity contribution is 0.595. The van der Waals surface area contributed by atoms with Crippen LogP contribution in [0.25, 0.3) is 54.6 Å². The van der Waals surface area contributed by atoms with E-state index >= 15 is 0 Å². The highest BCUT2D eigenvalue weighted by Crippen LogP contribution is 2.53. The molecule has 326 valence electrons. The molecule has 0 unspecified atom stereocenters. The first-order valence-corrected chi connectivity index (χ1v) is 26.7. The van der Waals surface area contributed by atoms with Crippen LogP contribution in [-0.2, 0) is 10.8 Å². The Bertz CT molecular complexity index is 3640. The average Bonchev–Trinajstić information content (AvgIpc) is 3.30. The molecule has 0 N–H and O–H groups in total. The largest absolute Gasteiger partial charge is 0.311 e. The van der Waals surface area contributed by atoms with Crippen LogP contribution in [0.5, 0.6) is 0 Å². The summed E-state index contributed by atoms with van der Waals surface area (Å²) in [5.41, 5.74) is 23.0. The predicted molar refractivity (Wildman–Crippen MR) is 308 cm³/mol. The van der Waals surface area contributed by atoms with Crippen LogP contribution in [0.15, 0.2) is 163 Å². The zero-order valence-corrected chi connectivity index (χ0v) is 44.8. The fourth-order valence-corrected chi connectivity index (χ4v) is 14.4. The molecule has 0 spiro atoms. The number of para-hydroxylation sites is 2. The zero-order valence-electron chi connectivity index (χ0n) is 38.4. The minimum Gasteiger partial charge on any atom is -0.311 e. The molecule has 0 aromatic heterocycles. The van der Waals surface area contributed by atoms with E-state index in [-0.39, 0.29) is 24.3 Å². The first-order valence-electron chi connectivity index (χ1n) is 23.5. The molecule has 0 amide bonds. The van der Waals surface area contributed by atoms with Gasteiger partial charge >= 0.3 is 0 Å². The molecule has 4 aliphatic rings. The minimum atomic E-state index is -0.165. The van der Waals surface area contributed by atoms with Gasteiger partial charge in [-0.1, -0.05) is 177 Å².